The standard InChI is InChI=1S/C20H18ClFN2O4/c21-14-2-1-13(6-15(14)22)28-8-18(27)24-20-9-19(10-20,11-20)7-17(26)16-5-12(25)3-4-23-16/h1-6H,7-11H2,(H,23,25)(H,24,27). The molecule has 0 atom stereocenters. The second-order valence-corrected chi connectivity index (χ2v) is 8.17. The highest BCUT2D eigenvalue weighted by Gasteiger charge is 2.68. The van der Waals surface area contributed by atoms with Crippen molar-refractivity contribution in [2.45, 2.75) is 31.2 Å². The number of amides is 1. The molecule has 6 nitrogen and oxygen atoms in total. The number of ketones is 1. The van der Waals surface area contributed by atoms with Gasteiger partial charge in [0.1, 0.15) is 11.6 Å². The largest absolute Gasteiger partial charge is 0.484 e. The van der Waals surface area contributed by atoms with Gasteiger partial charge in [0.2, 0.25) is 0 Å². The van der Waals surface area contributed by atoms with Gasteiger partial charge < -0.3 is 15.0 Å². The van der Waals surface area contributed by atoms with E-state index in [1.165, 1.54) is 30.5 Å². The zero-order valence-electron chi connectivity index (χ0n) is 14.9. The molecule has 3 saturated carbocycles. The molecule has 1 amide bonds. The number of carbonyl (C=O) groups excluding carboxylic acids is 2. The van der Waals surface area contributed by atoms with E-state index in [0.29, 0.717) is 12.1 Å². The van der Waals surface area contributed by atoms with Gasteiger partial charge in [0.05, 0.1) is 10.7 Å². The van der Waals surface area contributed by atoms with Crippen LogP contribution in [0, 0.1) is 11.2 Å². The van der Waals surface area contributed by atoms with Crippen LogP contribution in [0.25, 0.3) is 0 Å². The van der Waals surface area contributed by atoms with Crippen LogP contribution >= 0.6 is 11.6 Å². The summed E-state index contributed by atoms with van der Waals surface area (Å²) in [5.74, 6) is -0.758. The maximum absolute atomic E-state index is 13.4. The van der Waals surface area contributed by atoms with E-state index in [9.17, 15) is 18.8 Å². The molecule has 2 aromatic rings. The first-order chi connectivity index (χ1) is 13.3. The molecule has 0 spiro atoms. The molecule has 3 fully saturated rings. The predicted molar refractivity (Wildman–Crippen MR) is 100 cm³/mol. The lowest BCUT2D eigenvalue weighted by atomic mass is 9.38. The smallest absolute Gasteiger partial charge is 0.258 e. The van der Waals surface area contributed by atoms with Crippen LogP contribution in [0.4, 0.5) is 4.39 Å². The van der Waals surface area contributed by atoms with E-state index in [1.54, 1.807) is 0 Å². The van der Waals surface area contributed by atoms with E-state index < -0.39 is 5.82 Å². The van der Waals surface area contributed by atoms with Gasteiger partial charge in [0.15, 0.2) is 17.8 Å². The van der Waals surface area contributed by atoms with E-state index >= 15 is 0 Å². The molecular weight excluding hydrogens is 387 g/mol. The Balaban J connectivity index is 1.25. The molecule has 5 rings (SSSR count). The third kappa shape index (κ3) is 3.54. The van der Waals surface area contributed by atoms with Crippen LogP contribution in [-0.2, 0) is 4.79 Å². The van der Waals surface area contributed by atoms with Gasteiger partial charge in [0.25, 0.3) is 5.91 Å². The number of halogens is 2. The van der Waals surface area contributed by atoms with Gasteiger partial charge in [-0.1, -0.05) is 11.6 Å². The van der Waals surface area contributed by atoms with Crippen LogP contribution in [-0.4, -0.2) is 28.8 Å². The summed E-state index contributed by atoms with van der Waals surface area (Å²) in [6, 6.07) is 6.66. The fraction of sp³-hybridized carbons (Fsp3) is 0.350. The Kier molecular flexibility index (Phi) is 4.50. The van der Waals surface area contributed by atoms with Crippen molar-refractivity contribution < 1.29 is 18.7 Å². The predicted octanol–water partition coefficient (Wildman–Crippen LogP) is 2.86. The van der Waals surface area contributed by atoms with Crippen molar-refractivity contribution in [3.05, 3.63) is 63.3 Å². The molecule has 1 aromatic carbocycles. The van der Waals surface area contributed by atoms with Crippen LogP contribution in [0.5, 0.6) is 5.75 Å². The number of rotatable bonds is 7. The quantitative estimate of drug-likeness (QED) is 0.694. The SMILES string of the molecule is O=C(COc1ccc(Cl)c(F)c1)NC12CC(CC(=O)c3cc(=O)cc[nH]3)(C1)C2. The van der Waals surface area contributed by atoms with Crippen molar-refractivity contribution in [2.24, 2.45) is 5.41 Å². The Morgan fingerprint density at radius 3 is 2.64 bits per heavy atom. The second kappa shape index (κ2) is 6.74. The van der Waals surface area contributed by atoms with Crippen LogP contribution in [0.3, 0.4) is 0 Å². The summed E-state index contributed by atoms with van der Waals surface area (Å²) in [5, 5.41) is 2.94. The first kappa shape index (κ1) is 18.7. The van der Waals surface area contributed by atoms with E-state index in [-0.39, 0.29) is 45.5 Å². The van der Waals surface area contributed by atoms with Gasteiger partial charge in [-0.15, -0.1) is 0 Å². The number of nitrogens with one attached hydrogen (secondary N) is 2. The molecule has 0 saturated heterocycles. The monoisotopic (exact) mass is 404 g/mol. The Bertz CT molecular complexity index is 999. The highest BCUT2D eigenvalue weighted by molar-refractivity contribution is 6.30. The summed E-state index contributed by atoms with van der Waals surface area (Å²) < 4.78 is 18.7. The highest BCUT2D eigenvalue weighted by atomic mass is 35.5. The van der Waals surface area contributed by atoms with Gasteiger partial charge >= 0.3 is 0 Å². The number of benzene rings is 1. The van der Waals surface area contributed by atoms with Crippen LogP contribution < -0.4 is 15.5 Å². The average molecular weight is 405 g/mol. The number of ether oxygens (including phenoxy) is 1. The second-order valence-electron chi connectivity index (χ2n) is 7.76. The van der Waals surface area contributed by atoms with Crippen LogP contribution in [0.15, 0.2) is 41.3 Å². The van der Waals surface area contributed by atoms with Crippen molar-refractivity contribution in [1.82, 2.24) is 10.3 Å². The first-order valence-corrected chi connectivity index (χ1v) is 9.27. The molecule has 1 aromatic heterocycles. The van der Waals surface area contributed by atoms with Crippen molar-refractivity contribution in [1.29, 1.82) is 0 Å². The Morgan fingerprint density at radius 1 is 1.21 bits per heavy atom. The number of aromatic nitrogens is 1. The summed E-state index contributed by atoms with van der Waals surface area (Å²) in [6.07, 6.45) is 4.00. The van der Waals surface area contributed by atoms with Gasteiger partial charge in [-0.05, 0) is 36.8 Å². The molecule has 2 N–H and O–H groups in total. The van der Waals surface area contributed by atoms with Crippen molar-refractivity contribution in [3.8, 4) is 5.75 Å². The average Bonchev–Trinajstić information content (AvgIpc) is 2.59. The maximum Gasteiger partial charge on any atom is 0.258 e. The fourth-order valence-electron chi connectivity index (χ4n) is 4.41. The molecule has 146 valence electrons. The van der Waals surface area contributed by atoms with Crippen LogP contribution in [0.1, 0.15) is 36.2 Å². The lowest BCUT2D eigenvalue weighted by Gasteiger charge is -2.70. The maximum atomic E-state index is 13.4. The van der Waals surface area contributed by atoms with Crippen molar-refractivity contribution in [3.63, 3.8) is 0 Å². The number of carbonyl (C=O) groups is 2. The zero-order valence-corrected chi connectivity index (χ0v) is 15.6. The third-order valence-electron chi connectivity index (χ3n) is 5.41. The Morgan fingerprint density at radius 2 is 1.96 bits per heavy atom. The summed E-state index contributed by atoms with van der Waals surface area (Å²) in [7, 11) is 0. The Labute approximate surface area is 165 Å². The number of Topliss-reactive ketones (excluding diaryl/α,β-unsaturated/α-hetero) is 1. The van der Waals surface area contributed by atoms with Gasteiger partial charge in [-0.25, -0.2) is 4.39 Å². The van der Waals surface area contributed by atoms with E-state index in [2.05, 4.69) is 10.3 Å². The van der Waals surface area contributed by atoms with Gasteiger partial charge in [-0.3, -0.25) is 14.4 Å². The third-order valence-corrected chi connectivity index (χ3v) is 5.72. The molecule has 1 heterocycles. The molecule has 0 aliphatic heterocycles. The van der Waals surface area contributed by atoms with Crippen molar-refractivity contribution in [2.75, 3.05) is 6.61 Å². The summed E-state index contributed by atoms with van der Waals surface area (Å²) in [4.78, 5) is 38.6. The lowest BCUT2D eigenvalue weighted by molar-refractivity contribution is -0.164. The van der Waals surface area contributed by atoms with Crippen molar-refractivity contribution >= 4 is 23.3 Å². The molecule has 0 unspecified atom stereocenters. The number of hydrogen-bond acceptors (Lipinski definition) is 4. The minimum Gasteiger partial charge on any atom is -0.484 e. The minimum atomic E-state index is -0.606. The molecule has 28 heavy (non-hydrogen) atoms. The highest BCUT2D eigenvalue weighted by Crippen LogP contribution is 2.69. The van der Waals surface area contributed by atoms with E-state index in [4.69, 9.17) is 16.3 Å². The normalized spacial score (nSPS) is 24.6. The minimum absolute atomic E-state index is 0.00917. The summed E-state index contributed by atoms with van der Waals surface area (Å²) in [5.41, 5.74) is -0.268. The first-order valence-electron chi connectivity index (χ1n) is 8.89. The molecule has 3 aliphatic rings. The lowest BCUT2D eigenvalue weighted by Crippen LogP contribution is -2.75. The number of aromatic amines is 1. The molecular formula is C20H18ClFN2O4. The number of pyridine rings is 1. The molecule has 3 aliphatic carbocycles. The summed E-state index contributed by atoms with van der Waals surface area (Å²) in [6.45, 7) is -0.222. The topological polar surface area (TPSA) is 88.3 Å². The Hall–Kier alpha value is -2.67. The number of H-pyrrole nitrogens is 1. The molecule has 2 bridgehead atoms. The van der Waals surface area contributed by atoms with Crippen LogP contribution in [0.2, 0.25) is 5.02 Å². The fourth-order valence-corrected chi connectivity index (χ4v) is 4.53. The zero-order chi connectivity index (χ0) is 19.9. The van der Waals surface area contributed by atoms with Gasteiger partial charge in [0, 0.05) is 36.4 Å². The van der Waals surface area contributed by atoms with E-state index in [1.807, 2.05) is 0 Å². The van der Waals surface area contributed by atoms with E-state index in [0.717, 1.165) is 25.3 Å². The molecule has 0 radical (unpaired) electrons. The molecule has 8 heteroatoms. The number of hydrogen-bond donors (Lipinski definition) is 2. The summed E-state index contributed by atoms with van der Waals surface area (Å²) >= 11 is 5.61. The van der Waals surface area contributed by atoms with Gasteiger partial charge in [-0.2, -0.15) is 0 Å².